The molecule has 7 nitrogen and oxygen atoms in total. The Kier molecular flexibility index (Phi) is 9.78. The molecule has 0 spiro atoms. The molecule has 0 saturated carbocycles. The van der Waals surface area contributed by atoms with Gasteiger partial charge in [-0.1, -0.05) is 27.7 Å². The van der Waals surface area contributed by atoms with Crippen LogP contribution in [0.1, 0.15) is 81.0 Å². The summed E-state index contributed by atoms with van der Waals surface area (Å²) in [5.74, 6) is 2.55. The van der Waals surface area contributed by atoms with Gasteiger partial charge in [-0.2, -0.15) is 0 Å². The van der Waals surface area contributed by atoms with E-state index in [0.29, 0.717) is 23.3 Å². The van der Waals surface area contributed by atoms with Crippen molar-refractivity contribution in [1.82, 2.24) is 19.8 Å². The van der Waals surface area contributed by atoms with Crippen LogP contribution in [0.4, 0.5) is 11.6 Å². The summed E-state index contributed by atoms with van der Waals surface area (Å²) in [5.41, 5.74) is 4.14. The highest BCUT2D eigenvalue weighted by Gasteiger charge is 2.22. The van der Waals surface area contributed by atoms with Gasteiger partial charge < -0.3 is 20.1 Å². The quantitative estimate of drug-likeness (QED) is 0.260. The number of fused-ring (bicyclic) bond motifs is 1. The summed E-state index contributed by atoms with van der Waals surface area (Å²) in [4.78, 5) is 32.4. The molecule has 1 fully saturated rings. The van der Waals surface area contributed by atoms with E-state index < -0.39 is 0 Å². The molecule has 39 heavy (non-hydrogen) atoms. The fourth-order valence-electron chi connectivity index (χ4n) is 5.10. The van der Waals surface area contributed by atoms with E-state index in [-0.39, 0.29) is 11.7 Å². The Morgan fingerprint density at radius 3 is 2.18 bits per heavy atom. The molecular formula is C32H45N5O2. The summed E-state index contributed by atoms with van der Waals surface area (Å²) < 4.78 is 2.24. The molecule has 1 aliphatic rings. The number of Topliss-reactive ketones (excluding diaryl/α,β-unsaturated/α-hetero) is 1. The summed E-state index contributed by atoms with van der Waals surface area (Å²) in [6.07, 6.45) is 4.22. The average Bonchev–Trinajstić information content (AvgIpc) is 3.24. The Balaban J connectivity index is 1.67. The van der Waals surface area contributed by atoms with Gasteiger partial charge >= 0.3 is 0 Å². The number of imidazole rings is 1. The van der Waals surface area contributed by atoms with E-state index in [1.807, 2.05) is 47.4 Å². The van der Waals surface area contributed by atoms with Crippen LogP contribution >= 0.6 is 0 Å². The normalized spacial score (nSPS) is 14.3. The highest BCUT2D eigenvalue weighted by atomic mass is 16.2. The molecule has 7 heteroatoms. The predicted molar refractivity (Wildman–Crippen MR) is 160 cm³/mol. The fourth-order valence-corrected chi connectivity index (χ4v) is 5.10. The third kappa shape index (κ3) is 7.69. The van der Waals surface area contributed by atoms with Gasteiger partial charge in [-0.25, -0.2) is 4.98 Å². The van der Waals surface area contributed by atoms with Crippen LogP contribution in [0.5, 0.6) is 0 Å². The van der Waals surface area contributed by atoms with Gasteiger partial charge in [0.25, 0.3) is 5.91 Å². The highest BCUT2D eigenvalue weighted by Crippen LogP contribution is 2.28. The molecular weight excluding hydrogens is 486 g/mol. The molecule has 0 bridgehead atoms. The topological polar surface area (TPSA) is 79.3 Å². The Morgan fingerprint density at radius 1 is 0.974 bits per heavy atom. The summed E-state index contributed by atoms with van der Waals surface area (Å²) in [6, 6.07) is 13.5. The Bertz CT molecular complexity index is 1240. The maximum absolute atomic E-state index is 13.7. The second-order valence-corrected chi connectivity index (χ2v) is 11.9. The molecule has 0 aliphatic carbocycles. The van der Waals surface area contributed by atoms with Crippen LogP contribution in [-0.2, 0) is 6.54 Å². The smallest absolute Gasteiger partial charge is 0.253 e. The lowest BCUT2D eigenvalue weighted by atomic mass is 9.98. The number of hydrogen-bond acceptors (Lipinski definition) is 5. The molecule has 2 heterocycles. The number of ketones is 1. The van der Waals surface area contributed by atoms with Crippen LogP contribution in [0.3, 0.4) is 0 Å². The van der Waals surface area contributed by atoms with Crippen molar-refractivity contribution in [3.8, 4) is 0 Å². The van der Waals surface area contributed by atoms with Crippen LogP contribution in [0.25, 0.3) is 11.0 Å². The molecule has 1 amide bonds. The Hall–Kier alpha value is -3.19. The zero-order valence-corrected chi connectivity index (χ0v) is 24.3. The molecule has 0 radical (unpaired) electrons. The van der Waals surface area contributed by atoms with Crippen molar-refractivity contribution in [2.45, 2.75) is 66.8 Å². The van der Waals surface area contributed by atoms with E-state index in [9.17, 15) is 9.59 Å². The van der Waals surface area contributed by atoms with E-state index in [2.05, 4.69) is 42.9 Å². The minimum atomic E-state index is 0.0488. The third-order valence-electron chi connectivity index (χ3n) is 7.68. The first-order chi connectivity index (χ1) is 18.7. The van der Waals surface area contributed by atoms with E-state index in [0.717, 1.165) is 86.6 Å². The first kappa shape index (κ1) is 28.8. The number of nitrogens with one attached hydrogen (secondary N) is 2. The van der Waals surface area contributed by atoms with Crippen molar-refractivity contribution >= 4 is 34.4 Å². The van der Waals surface area contributed by atoms with Gasteiger partial charge in [-0.05, 0) is 106 Å². The zero-order chi connectivity index (χ0) is 27.9. The van der Waals surface area contributed by atoms with E-state index in [4.69, 9.17) is 4.98 Å². The van der Waals surface area contributed by atoms with Crippen LogP contribution < -0.4 is 10.6 Å². The first-order valence-electron chi connectivity index (χ1n) is 14.6. The van der Waals surface area contributed by atoms with Gasteiger partial charge in [0.15, 0.2) is 5.78 Å². The first-order valence-corrected chi connectivity index (χ1v) is 14.6. The average molecular weight is 532 g/mol. The van der Waals surface area contributed by atoms with Crippen molar-refractivity contribution < 1.29 is 9.59 Å². The van der Waals surface area contributed by atoms with E-state index >= 15 is 0 Å². The van der Waals surface area contributed by atoms with Crippen molar-refractivity contribution in [1.29, 1.82) is 0 Å². The number of benzene rings is 2. The van der Waals surface area contributed by atoms with Crippen LogP contribution in [0.15, 0.2) is 42.5 Å². The number of amides is 1. The second kappa shape index (κ2) is 13.2. The predicted octanol–water partition coefficient (Wildman–Crippen LogP) is 6.52. The van der Waals surface area contributed by atoms with Crippen LogP contribution in [0.2, 0.25) is 0 Å². The molecule has 2 aromatic carbocycles. The number of rotatable bonds is 12. The lowest BCUT2D eigenvalue weighted by molar-refractivity contribution is 0.0740. The van der Waals surface area contributed by atoms with Crippen molar-refractivity contribution in [2.24, 2.45) is 17.8 Å². The molecule has 210 valence electrons. The zero-order valence-electron chi connectivity index (χ0n) is 24.3. The van der Waals surface area contributed by atoms with Crippen LogP contribution in [0, 0.1) is 17.8 Å². The van der Waals surface area contributed by atoms with Gasteiger partial charge in [-0.15, -0.1) is 0 Å². The van der Waals surface area contributed by atoms with Crippen molar-refractivity contribution in [3.05, 3.63) is 53.6 Å². The minimum Gasteiger partial charge on any atom is -0.339 e. The van der Waals surface area contributed by atoms with Crippen molar-refractivity contribution in [2.75, 3.05) is 31.5 Å². The largest absolute Gasteiger partial charge is 0.339 e. The van der Waals surface area contributed by atoms with Crippen LogP contribution in [-0.4, -0.2) is 52.3 Å². The number of piperidine rings is 1. The van der Waals surface area contributed by atoms with Gasteiger partial charge in [0.2, 0.25) is 5.95 Å². The SMILES string of the molecule is CC(=O)c1ccc(Nc2nc3ccc(C(=O)N(CCC(C)C)CCC(C)C)cc3n2CC2CCNCC2)cc1. The van der Waals surface area contributed by atoms with Crippen molar-refractivity contribution in [3.63, 3.8) is 0 Å². The Labute approximate surface area is 233 Å². The summed E-state index contributed by atoms with van der Waals surface area (Å²) in [5, 5.41) is 6.94. The standard InChI is InChI=1S/C32H45N5O2/c1-22(2)14-18-36(19-15-23(3)4)31(39)27-8-11-29-30(20-27)37(21-25-12-16-33-17-13-25)32(35-29)34-28-9-6-26(7-10-28)24(5)38/h6-11,20,22-23,25,33H,12-19,21H2,1-5H3,(H,34,35). The molecule has 1 aliphatic heterocycles. The summed E-state index contributed by atoms with van der Waals surface area (Å²) in [6.45, 7) is 14.8. The molecule has 0 unspecified atom stereocenters. The van der Waals surface area contributed by atoms with E-state index in [1.54, 1.807) is 6.92 Å². The molecule has 4 rings (SSSR count). The number of hydrogen-bond donors (Lipinski definition) is 2. The summed E-state index contributed by atoms with van der Waals surface area (Å²) in [7, 11) is 0. The van der Waals surface area contributed by atoms with Gasteiger partial charge in [-0.3, -0.25) is 9.59 Å². The highest BCUT2D eigenvalue weighted by molar-refractivity contribution is 5.98. The lowest BCUT2D eigenvalue weighted by Crippen LogP contribution is -2.34. The Morgan fingerprint density at radius 2 is 1.59 bits per heavy atom. The minimum absolute atomic E-state index is 0.0488. The molecule has 1 aromatic heterocycles. The molecule has 1 saturated heterocycles. The number of aromatic nitrogens is 2. The summed E-state index contributed by atoms with van der Waals surface area (Å²) >= 11 is 0. The fraction of sp³-hybridized carbons (Fsp3) is 0.531. The van der Waals surface area contributed by atoms with Gasteiger partial charge in [0, 0.05) is 36.4 Å². The number of carbonyl (C=O) groups is 2. The number of carbonyl (C=O) groups excluding carboxylic acids is 2. The number of anilines is 2. The van der Waals surface area contributed by atoms with Gasteiger partial charge in [0.1, 0.15) is 0 Å². The molecule has 0 atom stereocenters. The maximum Gasteiger partial charge on any atom is 0.253 e. The second-order valence-electron chi connectivity index (χ2n) is 11.9. The third-order valence-corrected chi connectivity index (χ3v) is 7.68. The lowest BCUT2D eigenvalue weighted by Gasteiger charge is -2.25. The molecule has 2 N–H and O–H groups in total. The maximum atomic E-state index is 13.7. The molecule has 3 aromatic rings. The number of nitrogens with zero attached hydrogens (tertiary/aromatic N) is 3. The van der Waals surface area contributed by atoms with Gasteiger partial charge in [0.05, 0.1) is 11.0 Å². The van der Waals surface area contributed by atoms with E-state index in [1.165, 1.54) is 0 Å². The monoisotopic (exact) mass is 531 g/mol.